The first-order valence-electron chi connectivity index (χ1n) is 9.44. The summed E-state index contributed by atoms with van der Waals surface area (Å²) in [5, 5.41) is 0. The lowest BCUT2D eigenvalue weighted by atomic mass is 9.63. The highest BCUT2D eigenvalue weighted by Gasteiger charge is 2.36. The fraction of sp³-hybridized carbons (Fsp3) is 0.440. The molecule has 0 saturated carbocycles. The molecule has 2 rings (SSSR count). The Morgan fingerprint density at radius 2 is 1.56 bits per heavy atom. The highest BCUT2D eigenvalue weighted by atomic mass is 14.4. The molecule has 0 saturated heterocycles. The molecule has 1 aliphatic carbocycles. The molecule has 0 heteroatoms. The molecule has 0 N–H and O–H groups in total. The van der Waals surface area contributed by atoms with Gasteiger partial charge in [0.25, 0.3) is 0 Å². The zero-order valence-corrected chi connectivity index (χ0v) is 16.9. The van der Waals surface area contributed by atoms with Crippen LogP contribution in [0.4, 0.5) is 0 Å². The van der Waals surface area contributed by atoms with Crippen molar-refractivity contribution in [2.24, 2.45) is 10.8 Å². The van der Waals surface area contributed by atoms with Crippen LogP contribution in [-0.4, -0.2) is 0 Å². The van der Waals surface area contributed by atoms with Crippen LogP contribution in [0.1, 0.15) is 65.0 Å². The van der Waals surface area contributed by atoms with E-state index in [1.54, 1.807) is 0 Å². The van der Waals surface area contributed by atoms with Crippen LogP contribution in [0.15, 0.2) is 65.8 Å². The maximum Gasteiger partial charge on any atom is -0.0100 e. The van der Waals surface area contributed by atoms with Crippen molar-refractivity contribution >= 4 is 6.08 Å². The van der Waals surface area contributed by atoms with Crippen molar-refractivity contribution in [3.8, 4) is 0 Å². The van der Waals surface area contributed by atoms with Crippen molar-refractivity contribution in [1.82, 2.24) is 0 Å². The Morgan fingerprint density at radius 3 is 2.12 bits per heavy atom. The van der Waals surface area contributed by atoms with Crippen LogP contribution >= 0.6 is 0 Å². The van der Waals surface area contributed by atoms with Gasteiger partial charge in [0.2, 0.25) is 0 Å². The Labute approximate surface area is 155 Å². The van der Waals surface area contributed by atoms with Crippen LogP contribution in [0.5, 0.6) is 0 Å². The molecular formula is C25H34. The zero-order chi connectivity index (χ0) is 18.7. The number of benzene rings is 1. The maximum absolute atomic E-state index is 4.10. The third-order valence-corrected chi connectivity index (χ3v) is 5.54. The zero-order valence-electron chi connectivity index (χ0n) is 16.9. The van der Waals surface area contributed by atoms with E-state index in [4.69, 9.17) is 0 Å². The summed E-state index contributed by atoms with van der Waals surface area (Å²) in [4.78, 5) is 0. The third-order valence-electron chi connectivity index (χ3n) is 5.54. The van der Waals surface area contributed by atoms with Gasteiger partial charge in [0, 0.05) is 0 Å². The Hall–Kier alpha value is -1.82. The molecule has 1 aliphatic rings. The standard InChI is InChI=1S/C25H34/c1-8-22-23(25(6,7)17-16-24(22,4)5)11-9-10-20(3)18-21-14-12-19(2)13-15-21/h8-9,11-15,18H,1,10,16-17H2,2-7H3/b11-9-,20-18+. The van der Waals surface area contributed by atoms with E-state index in [1.165, 1.54) is 40.7 Å². The van der Waals surface area contributed by atoms with Crippen molar-refractivity contribution in [1.29, 1.82) is 0 Å². The summed E-state index contributed by atoms with van der Waals surface area (Å²) in [5.41, 5.74) is 7.30. The van der Waals surface area contributed by atoms with E-state index in [1.807, 2.05) is 0 Å². The molecular weight excluding hydrogens is 300 g/mol. The number of allylic oxidation sites excluding steroid dienone is 6. The summed E-state index contributed by atoms with van der Waals surface area (Å²) in [6.45, 7) is 17.8. The SMILES string of the molecule is C=CC1=C(/C=C\C/C(C)=C/c2ccc(C)cc2)C(C)(C)CCC1(C)C. The van der Waals surface area contributed by atoms with Gasteiger partial charge in [0.05, 0.1) is 0 Å². The number of aryl methyl sites for hydroxylation is 1. The minimum atomic E-state index is 0.226. The van der Waals surface area contributed by atoms with Crippen LogP contribution in [0.2, 0.25) is 0 Å². The molecule has 134 valence electrons. The van der Waals surface area contributed by atoms with Gasteiger partial charge in [-0.2, -0.15) is 0 Å². The molecule has 0 aromatic heterocycles. The predicted molar refractivity (Wildman–Crippen MR) is 113 cm³/mol. The Bertz CT molecular complexity index is 703. The van der Waals surface area contributed by atoms with E-state index < -0.39 is 0 Å². The predicted octanol–water partition coefficient (Wildman–Crippen LogP) is 7.67. The van der Waals surface area contributed by atoms with E-state index in [9.17, 15) is 0 Å². The molecule has 0 fully saturated rings. The molecule has 0 unspecified atom stereocenters. The molecule has 1 aromatic rings. The van der Waals surface area contributed by atoms with Crippen molar-refractivity contribution < 1.29 is 0 Å². The average molecular weight is 335 g/mol. The summed E-state index contributed by atoms with van der Waals surface area (Å²) in [6.07, 6.45) is 12.5. The maximum atomic E-state index is 4.10. The Kier molecular flexibility index (Phi) is 5.93. The van der Waals surface area contributed by atoms with Crippen LogP contribution in [0.25, 0.3) is 6.08 Å². The van der Waals surface area contributed by atoms with Crippen molar-refractivity contribution in [3.05, 3.63) is 76.9 Å². The molecule has 0 atom stereocenters. The lowest BCUT2D eigenvalue weighted by Crippen LogP contribution is -2.29. The van der Waals surface area contributed by atoms with Gasteiger partial charge in [0.1, 0.15) is 0 Å². The van der Waals surface area contributed by atoms with Gasteiger partial charge in [-0.15, -0.1) is 0 Å². The van der Waals surface area contributed by atoms with Gasteiger partial charge in [-0.3, -0.25) is 0 Å². The highest BCUT2D eigenvalue weighted by Crippen LogP contribution is 2.49. The second-order valence-corrected chi connectivity index (χ2v) is 8.81. The second kappa shape index (κ2) is 7.60. The number of hydrogen-bond donors (Lipinski definition) is 0. The Balaban J connectivity index is 2.20. The molecule has 25 heavy (non-hydrogen) atoms. The molecule has 0 heterocycles. The van der Waals surface area contributed by atoms with Crippen molar-refractivity contribution in [2.75, 3.05) is 0 Å². The largest absolute Gasteiger partial charge is 0.0988 e. The van der Waals surface area contributed by atoms with Gasteiger partial charge < -0.3 is 0 Å². The summed E-state index contributed by atoms with van der Waals surface area (Å²) in [5.74, 6) is 0. The Morgan fingerprint density at radius 1 is 1.00 bits per heavy atom. The van der Waals surface area contributed by atoms with Gasteiger partial charge in [-0.05, 0) is 60.6 Å². The van der Waals surface area contributed by atoms with E-state index in [0.29, 0.717) is 0 Å². The summed E-state index contributed by atoms with van der Waals surface area (Å²) in [6, 6.07) is 8.72. The quantitative estimate of drug-likeness (QED) is 0.518. The molecule has 1 aromatic carbocycles. The normalized spacial score (nSPS) is 20.2. The molecule has 0 spiro atoms. The molecule has 0 aliphatic heterocycles. The van der Waals surface area contributed by atoms with Crippen molar-refractivity contribution in [3.63, 3.8) is 0 Å². The van der Waals surface area contributed by atoms with E-state index in [-0.39, 0.29) is 10.8 Å². The highest BCUT2D eigenvalue weighted by molar-refractivity contribution is 5.53. The van der Waals surface area contributed by atoms with Crippen LogP contribution < -0.4 is 0 Å². The summed E-state index contributed by atoms with van der Waals surface area (Å²) >= 11 is 0. The monoisotopic (exact) mass is 334 g/mol. The minimum Gasteiger partial charge on any atom is -0.0988 e. The summed E-state index contributed by atoms with van der Waals surface area (Å²) in [7, 11) is 0. The lowest BCUT2D eigenvalue weighted by Gasteiger charge is -2.42. The van der Waals surface area contributed by atoms with Gasteiger partial charge in [0.15, 0.2) is 0 Å². The first kappa shape index (κ1) is 19.5. The fourth-order valence-corrected chi connectivity index (χ4v) is 3.69. The molecule has 0 nitrogen and oxygen atoms in total. The van der Waals surface area contributed by atoms with E-state index in [0.717, 1.165) is 6.42 Å². The van der Waals surface area contributed by atoms with Crippen LogP contribution in [0, 0.1) is 17.8 Å². The molecule has 0 bridgehead atoms. The van der Waals surface area contributed by atoms with Gasteiger partial charge >= 0.3 is 0 Å². The molecule has 0 radical (unpaired) electrons. The van der Waals surface area contributed by atoms with E-state index in [2.05, 4.69) is 96.7 Å². The average Bonchev–Trinajstić information content (AvgIpc) is 2.53. The van der Waals surface area contributed by atoms with Crippen molar-refractivity contribution in [2.45, 2.75) is 60.8 Å². The smallest absolute Gasteiger partial charge is 0.0100 e. The van der Waals surface area contributed by atoms with Gasteiger partial charge in [-0.1, -0.05) is 94.0 Å². The number of rotatable bonds is 5. The van der Waals surface area contributed by atoms with Gasteiger partial charge in [-0.25, -0.2) is 0 Å². The van der Waals surface area contributed by atoms with Crippen LogP contribution in [0.3, 0.4) is 0 Å². The topological polar surface area (TPSA) is 0 Å². The minimum absolute atomic E-state index is 0.226. The number of hydrogen-bond acceptors (Lipinski definition) is 0. The molecule has 0 amide bonds. The van der Waals surface area contributed by atoms with E-state index >= 15 is 0 Å². The first-order chi connectivity index (χ1) is 11.7. The summed E-state index contributed by atoms with van der Waals surface area (Å²) < 4.78 is 0. The second-order valence-electron chi connectivity index (χ2n) is 8.81. The lowest BCUT2D eigenvalue weighted by molar-refractivity contribution is 0.273. The first-order valence-corrected chi connectivity index (χ1v) is 9.44. The third kappa shape index (κ3) is 4.84. The van der Waals surface area contributed by atoms with Crippen LogP contribution in [-0.2, 0) is 0 Å². The fourth-order valence-electron chi connectivity index (χ4n) is 3.69.